The topological polar surface area (TPSA) is 113 Å². The number of piperidine rings is 1. The van der Waals surface area contributed by atoms with Gasteiger partial charge >= 0.3 is 0 Å². The first-order valence-corrected chi connectivity index (χ1v) is 13.6. The number of aromatic nitrogens is 1. The standard InChI is InChI=1S/C30H36N4O5/c1-20-16-23(26-4-2-3-5-27(26)31-20)19-39-25-8-6-21(7-9-25)30(36)32-28-18-34(24-11-14-38-15-12-24)13-10-22(28)17-29(35)33-37/h2-9,16,22,24,28,37H,10-15,17-19H2,1H3,(H,32,36)(H,33,35)/t22-,28+/m0/s1. The van der Waals surface area contributed by atoms with Crippen molar-refractivity contribution in [2.45, 2.75) is 51.3 Å². The van der Waals surface area contributed by atoms with E-state index in [1.165, 1.54) is 0 Å². The highest BCUT2D eigenvalue weighted by molar-refractivity contribution is 5.94. The number of nitrogens with one attached hydrogen (secondary N) is 2. The number of benzene rings is 2. The zero-order chi connectivity index (χ0) is 27.2. The summed E-state index contributed by atoms with van der Waals surface area (Å²) in [6, 6.07) is 17.4. The maximum atomic E-state index is 13.2. The van der Waals surface area contributed by atoms with Gasteiger partial charge in [-0.05, 0) is 75.0 Å². The van der Waals surface area contributed by atoms with Crippen LogP contribution in [-0.2, 0) is 16.1 Å². The first-order chi connectivity index (χ1) is 19.0. The molecule has 2 amide bonds. The molecule has 5 rings (SSSR count). The van der Waals surface area contributed by atoms with Gasteiger partial charge in [0.15, 0.2) is 0 Å². The lowest BCUT2D eigenvalue weighted by atomic mass is 9.86. The van der Waals surface area contributed by atoms with Crippen molar-refractivity contribution in [1.29, 1.82) is 0 Å². The van der Waals surface area contributed by atoms with E-state index in [0.717, 1.165) is 61.2 Å². The zero-order valence-electron chi connectivity index (χ0n) is 22.3. The molecule has 3 heterocycles. The number of amides is 2. The maximum absolute atomic E-state index is 13.2. The van der Waals surface area contributed by atoms with Crippen LogP contribution in [0.4, 0.5) is 0 Å². The van der Waals surface area contributed by atoms with Gasteiger partial charge in [0, 0.05) is 60.5 Å². The van der Waals surface area contributed by atoms with Crippen molar-refractivity contribution >= 4 is 22.7 Å². The molecule has 0 aliphatic carbocycles. The number of hydrogen-bond acceptors (Lipinski definition) is 7. The number of rotatable bonds is 8. The summed E-state index contributed by atoms with van der Waals surface area (Å²) >= 11 is 0. The average Bonchev–Trinajstić information content (AvgIpc) is 2.97. The minimum absolute atomic E-state index is 0.0570. The van der Waals surface area contributed by atoms with E-state index in [2.05, 4.69) is 15.2 Å². The van der Waals surface area contributed by atoms with E-state index in [-0.39, 0.29) is 24.3 Å². The third kappa shape index (κ3) is 6.73. The number of carbonyl (C=O) groups is 2. The summed E-state index contributed by atoms with van der Waals surface area (Å²) in [4.78, 5) is 32.1. The molecule has 3 N–H and O–H groups in total. The van der Waals surface area contributed by atoms with Crippen molar-refractivity contribution < 1.29 is 24.3 Å². The highest BCUT2D eigenvalue weighted by atomic mass is 16.5. The molecule has 0 bridgehead atoms. The SMILES string of the molecule is Cc1cc(COc2ccc(C(=O)N[C@@H]3CN(C4CCOCC4)CC[C@H]3CC(=O)NO)cc2)c2ccccc2n1. The molecule has 0 saturated carbocycles. The lowest BCUT2D eigenvalue weighted by Gasteiger charge is -2.43. The smallest absolute Gasteiger partial charge is 0.251 e. The third-order valence-corrected chi connectivity index (χ3v) is 7.82. The molecule has 0 radical (unpaired) electrons. The molecule has 9 heteroatoms. The first kappa shape index (κ1) is 27.1. The molecule has 0 spiro atoms. The zero-order valence-corrected chi connectivity index (χ0v) is 22.3. The molecule has 3 aromatic rings. The van der Waals surface area contributed by atoms with Crippen LogP contribution in [0.5, 0.6) is 5.75 Å². The van der Waals surface area contributed by atoms with Crippen LogP contribution in [0.3, 0.4) is 0 Å². The van der Waals surface area contributed by atoms with Gasteiger partial charge in [0.2, 0.25) is 5.91 Å². The second-order valence-electron chi connectivity index (χ2n) is 10.5. The van der Waals surface area contributed by atoms with E-state index in [1.54, 1.807) is 29.7 Å². The van der Waals surface area contributed by atoms with E-state index in [9.17, 15) is 9.59 Å². The Morgan fingerprint density at radius 3 is 2.64 bits per heavy atom. The van der Waals surface area contributed by atoms with E-state index in [0.29, 0.717) is 30.5 Å². The average molecular weight is 533 g/mol. The number of pyridine rings is 1. The Labute approximate surface area is 228 Å². The van der Waals surface area contributed by atoms with Gasteiger partial charge in [-0.2, -0.15) is 0 Å². The van der Waals surface area contributed by atoms with Gasteiger partial charge < -0.3 is 14.8 Å². The predicted molar refractivity (Wildman–Crippen MR) is 147 cm³/mol. The summed E-state index contributed by atoms with van der Waals surface area (Å²) in [7, 11) is 0. The summed E-state index contributed by atoms with van der Waals surface area (Å²) in [6.45, 7) is 5.40. The number of carbonyl (C=O) groups excluding carboxylic acids is 2. The minimum atomic E-state index is -0.433. The molecule has 2 fully saturated rings. The number of hydroxylamine groups is 1. The van der Waals surface area contributed by atoms with Crippen LogP contribution in [0.25, 0.3) is 10.9 Å². The molecular weight excluding hydrogens is 496 g/mol. The van der Waals surface area contributed by atoms with Crippen molar-refractivity contribution in [3.63, 3.8) is 0 Å². The van der Waals surface area contributed by atoms with Crippen molar-refractivity contribution in [1.82, 2.24) is 20.7 Å². The number of likely N-dealkylation sites (tertiary alicyclic amines) is 1. The minimum Gasteiger partial charge on any atom is -0.489 e. The summed E-state index contributed by atoms with van der Waals surface area (Å²) in [5.41, 5.74) is 5.20. The fourth-order valence-electron chi connectivity index (χ4n) is 5.73. The lowest BCUT2D eigenvalue weighted by molar-refractivity contribution is -0.130. The summed E-state index contributed by atoms with van der Waals surface area (Å²) in [6.07, 6.45) is 2.88. The fourth-order valence-corrected chi connectivity index (χ4v) is 5.73. The largest absolute Gasteiger partial charge is 0.489 e. The van der Waals surface area contributed by atoms with Gasteiger partial charge in [0.05, 0.1) is 5.52 Å². The van der Waals surface area contributed by atoms with Crippen LogP contribution >= 0.6 is 0 Å². The Balaban J connectivity index is 1.23. The predicted octanol–water partition coefficient (Wildman–Crippen LogP) is 3.62. The molecule has 2 aliphatic heterocycles. The number of para-hydroxylation sites is 1. The van der Waals surface area contributed by atoms with E-state index < -0.39 is 5.91 Å². The Kier molecular flexibility index (Phi) is 8.71. The molecule has 206 valence electrons. The Bertz CT molecular complexity index is 1290. The molecular formula is C30H36N4O5. The summed E-state index contributed by atoms with van der Waals surface area (Å²) in [5, 5.41) is 13.3. The molecule has 2 aromatic carbocycles. The monoisotopic (exact) mass is 532 g/mol. The lowest BCUT2D eigenvalue weighted by Crippen LogP contribution is -2.56. The van der Waals surface area contributed by atoms with Gasteiger partial charge in [0.1, 0.15) is 12.4 Å². The van der Waals surface area contributed by atoms with Gasteiger partial charge in [-0.25, -0.2) is 5.48 Å². The molecule has 1 aromatic heterocycles. The van der Waals surface area contributed by atoms with Gasteiger partial charge in [0.25, 0.3) is 5.91 Å². The normalized spacial score (nSPS) is 20.5. The Morgan fingerprint density at radius 2 is 1.87 bits per heavy atom. The van der Waals surface area contributed by atoms with Crippen molar-refractivity contribution in [3.05, 3.63) is 71.4 Å². The van der Waals surface area contributed by atoms with Crippen molar-refractivity contribution in [2.75, 3.05) is 26.3 Å². The highest BCUT2D eigenvalue weighted by Gasteiger charge is 2.35. The Morgan fingerprint density at radius 1 is 1.10 bits per heavy atom. The van der Waals surface area contributed by atoms with Crippen LogP contribution in [0.1, 0.15) is 47.3 Å². The number of hydrogen-bond donors (Lipinski definition) is 3. The van der Waals surface area contributed by atoms with Crippen LogP contribution in [0, 0.1) is 12.8 Å². The summed E-state index contributed by atoms with van der Waals surface area (Å²) in [5.74, 6) is -0.00707. The summed E-state index contributed by atoms with van der Waals surface area (Å²) < 4.78 is 11.6. The van der Waals surface area contributed by atoms with Crippen LogP contribution in [0.2, 0.25) is 0 Å². The van der Waals surface area contributed by atoms with E-state index in [1.807, 2.05) is 37.3 Å². The van der Waals surface area contributed by atoms with Crippen LogP contribution in [0.15, 0.2) is 54.6 Å². The van der Waals surface area contributed by atoms with Gasteiger partial charge in [-0.15, -0.1) is 0 Å². The van der Waals surface area contributed by atoms with Gasteiger partial charge in [-0.1, -0.05) is 18.2 Å². The maximum Gasteiger partial charge on any atom is 0.251 e. The molecule has 2 saturated heterocycles. The van der Waals surface area contributed by atoms with Crippen molar-refractivity contribution in [3.8, 4) is 5.75 Å². The molecule has 39 heavy (non-hydrogen) atoms. The molecule has 9 nitrogen and oxygen atoms in total. The number of aryl methyl sites for hydroxylation is 1. The molecule has 2 aliphatic rings. The van der Waals surface area contributed by atoms with E-state index >= 15 is 0 Å². The molecule has 2 atom stereocenters. The second kappa shape index (κ2) is 12.5. The second-order valence-corrected chi connectivity index (χ2v) is 10.5. The number of nitrogens with zero attached hydrogens (tertiary/aromatic N) is 2. The van der Waals surface area contributed by atoms with Crippen LogP contribution in [-0.4, -0.2) is 65.3 Å². The Hall–Kier alpha value is -3.53. The first-order valence-electron chi connectivity index (χ1n) is 13.6. The van der Waals surface area contributed by atoms with Gasteiger partial charge in [-0.3, -0.25) is 24.7 Å². The van der Waals surface area contributed by atoms with Crippen molar-refractivity contribution in [2.24, 2.45) is 5.92 Å². The van der Waals surface area contributed by atoms with E-state index in [4.69, 9.17) is 14.7 Å². The number of ether oxygens (including phenoxy) is 2. The molecule has 0 unspecified atom stereocenters. The fraction of sp³-hybridized carbons (Fsp3) is 0.433. The third-order valence-electron chi connectivity index (χ3n) is 7.82. The number of fused-ring (bicyclic) bond motifs is 1. The quantitative estimate of drug-likeness (QED) is 0.300. The van der Waals surface area contributed by atoms with Crippen LogP contribution < -0.4 is 15.5 Å². The highest BCUT2D eigenvalue weighted by Crippen LogP contribution is 2.27.